The Balaban J connectivity index is 2.61. The lowest BCUT2D eigenvalue weighted by Crippen LogP contribution is -2.33. The fourth-order valence-electron chi connectivity index (χ4n) is 2.49. The van der Waals surface area contributed by atoms with Crippen LogP contribution in [-0.2, 0) is 4.79 Å². The van der Waals surface area contributed by atoms with Gasteiger partial charge < -0.3 is 5.32 Å². The highest BCUT2D eigenvalue weighted by atomic mass is 16.2. The van der Waals surface area contributed by atoms with Crippen molar-refractivity contribution in [3.63, 3.8) is 0 Å². The summed E-state index contributed by atoms with van der Waals surface area (Å²) in [5.41, 5.74) is 4.04. The molecule has 1 N–H and O–H groups in total. The van der Waals surface area contributed by atoms with Crippen LogP contribution in [0.2, 0.25) is 0 Å². The molecule has 0 fully saturated rings. The van der Waals surface area contributed by atoms with Crippen LogP contribution in [0.15, 0.2) is 12.1 Å². The molecule has 1 amide bonds. The van der Waals surface area contributed by atoms with Crippen molar-refractivity contribution in [2.45, 2.75) is 19.9 Å². The number of hydrogen-bond acceptors (Lipinski definition) is 3. The Morgan fingerprint density at radius 3 is 2.76 bits per heavy atom. The van der Waals surface area contributed by atoms with Crippen molar-refractivity contribution in [1.82, 2.24) is 5.32 Å². The number of benzene rings is 1. The molecule has 1 aliphatic rings. The van der Waals surface area contributed by atoms with Crippen molar-refractivity contribution < 1.29 is 4.79 Å². The number of anilines is 1. The third-order valence-corrected chi connectivity index (χ3v) is 3.09. The number of amides is 1. The summed E-state index contributed by atoms with van der Waals surface area (Å²) in [5, 5.41) is 11.8. The maximum atomic E-state index is 12.2. The van der Waals surface area contributed by atoms with Gasteiger partial charge in [0.25, 0.3) is 0 Å². The average molecular weight is 229 g/mol. The molecule has 88 valence electrons. The molecule has 0 aliphatic carbocycles. The van der Waals surface area contributed by atoms with E-state index in [0.717, 1.165) is 22.4 Å². The Hall–Kier alpha value is -1.86. The lowest BCUT2D eigenvalue weighted by atomic mass is 10.0. The van der Waals surface area contributed by atoms with Gasteiger partial charge in [0.2, 0.25) is 5.91 Å². The van der Waals surface area contributed by atoms with Gasteiger partial charge in [0.15, 0.2) is 0 Å². The minimum absolute atomic E-state index is 0.0437. The highest BCUT2D eigenvalue weighted by molar-refractivity contribution is 6.05. The standard InChI is InChI=1S/C13H15N3O/c1-8-6-9(2)12-10(7-8)11(15-3)13(17)16(12)5-4-14/h6-7,11,15H,5H2,1-3H3. The van der Waals surface area contributed by atoms with Gasteiger partial charge in [-0.1, -0.05) is 17.7 Å². The molecule has 0 radical (unpaired) electrons. The summed E-state index contributed by atoms with van der Waals surface area (Å²) in [6, 6.07) is 5.77. The van der Waals surface area contributed by atoms with E-state index in [0.29, 0.717) is 0 Å². The maximum absolute atomic E-state index is 12.2. The second-order valence-electron chi connectivity index (χ2n) is 4.32. The van der Waals surface area contributed by atoms with Crippen molar-refractivity contribution in [3.8, 4) is 6.07 Å². The number of nitrogens with zero attached hydrogens (tertiary/aromatic N) is 2. The number of hydrogen-bond donors (Lipinski definition) is 1. The molecule has 4 nitrogen and oxygen atoms in total. The zero-order valence-electron chi connectivity index (χ0n) is 10.2. The predicted molar refractivity (Wildman–Crippen MR) is 65.7 cm³/mol. The highest BCUT2D eigenvalue weighted by Gasteiger charge is 2.37. The van der Waals surface area contributed by atoms with Crippen molar-refractivity contribution in [2.24, 2.45) is 0 Å². The van der Waals surface area contributed by atoms with Crippen LogP contribution in [-0.4, -0.2) is 19.5 Å². The Bertz CT molecular complexity index is 516. The van der Waals surface area contributed by atoms with Gasteiger partial charge in [0.1, 0.15) is 12.6 Å². The first-order valence-electron chi connectivity index (χ1n) is 5.57. The molecule has 17 heavy (non-hydrogen) atoms. The van der Waals surface area contributed by atoms with Crippen molar-refractivity contribution >= 4 is 11.6 Å². The van der Waals surface area contributed by atoms with Gasteiger partial charge in [0, 0.05) is 5.56 Å². The molecule has 1 aromatic carbocycles. The number of aryl methyl sites for hydroxylation is 2. The van der Waals surface area contributed by atoms with Gasteiger partial charge in [0.05, 0.1) is 11.8 Å². The molecule has 0 aromatic heterocycles. The SMILES string of the molecule is CNC1C(=O)N(CC#N)c2c(C)cc(C)cc21. The number of rotatable bonds is 2. The van der Waals surface area contributed by atoms with E-state index in [1.807, 2.05) is 32.0 Å². The molecule has 1 atom stereocenters. The van der Waals surface area contributed by atoms with E-state index in [1.54, 1.807) is 11.9 Å². The van der Waals surface area contributed by atoms with Crippen LogP contribution in [0, 0.1) is 25.2 Å². The molecule has 0 saturated carbocycles. The summed E-state index contributed by atoms with van der Waals surface area (Å²) in [5.74, 6) is -0.0437. The summed E-state index contributed by atoms with van der Waals surface area (Å²) < 4.78 is 0. The van der Waals surface area contributed by atoms with E-state index >= 15 is 0 Å². The number of carbonyl (C=O) groups excluding carboxylic acids is 1. The summed E-state index contributed by atoms with van der Waals surface area (Å²) in [4.78, 5) is 13.7. The Morgan fingerprint density at radius 2 is 2.18 bits per heavy atom. The van der Waals surface area contributed by atoms with Gasteiger partial charge in [-0.3, -0.25) is 9.69 Å². The lowest BCUT2D eigenvalue weighted by Gasteiger charge is -2.15. The normalized spacial score (nSPS) is 18.1. The Morgan fingerprint density at radius 1 is 1.47 bits per heavy atom. The largest absolute Gasteiger partial charge is 0.305 e. The zero-order chi connectivity index (χ0) is 12.6. The van der Waals surface area contributed by atoms with E-state index in [-0.39, 0.29) is 18.5 Å². The summed E-state index contributed by atoms with van der Waals surface area (Å²) in [6.45, 7) is 4.09. The topological polar surface area (TPSA) is 56.1 Å². The first-order chi connectivity index (χ1) is 8.10. The van der Waals surface area contributed by atoms with Crippen molar-refractivity contribution in [2.75, 3.05) is 18.5 Å². The molecular weight excluding hydrogens is 214 g/mol. The first kappa shape index (κ1) is 11.6. The molecule has 1 unspecified atom stereocenters. The molecule has 2 rings (SSSR count). The molecule has 0 saturated heterocycles. The van der Waals surface area contributed by atoms with Gasteiger partial charge in [-0.2, -0.15) is 5.26 Å². The van der Waals surface area contributed by atoms with Crippen LogP contribution in [0.5, 0.6) is 0 Å². The molecule has 0 bridgehead atoms. The number of nitrogens with one attached hydrogen (secondary N) is 1. The van der Waals surface area contributed by atoms with Crippen LogP contribution < -0.4 is 10.2 Å². The average Bonchev–Trinajstić information content (AvgIpc) is 2.52. The summed E-state index contributed by atoms with van der Waals surface area (Å²) >= 11 is 0. The van der Waals surface area contributed by atoms with E-state index in [9.17, 15) is 4.79 Å². The minimum Gasteiger partial charge on any atom is -0.305 e. The number of nitriles is 1. The molecule has 1 aromatic rings. The Labute approximate surface area is 101 Å². The molecule has 1 heterocycles. The van der Waals surface area contributed by atoms with Gasteiger partial charge in [-0.25, -0.2) is 0 Å². The van der Waals surface area contributed by atoms with Gasteiger partial charge in [-0.05, 0) is 26.5 Å². The van der Waals surface area contributed by atoms with E-state index in [1.165, 1.54) is 0 Å². The van der Waals surface area contributed by atoms with Crippen molar-refractivity contribution in [1.29, 1.82) is 5.26 Å². The van der Waals surface area contributed by atoms with Crippen molar-refractivity contribution in [3.05, 3.63) is 28.8 Å². The fourth-order valence-corrected chi connectivity index (χ4v) is 2.49. The van der Waals surface area contributed by atoms with Crippen LogP contribution in [0.3, 0.4) is 0 Å². The third-order valence-electron chi connectivity index (χ3n) is 3.09. The fraction of sp³-hybridized carbons (Fsp3) is 0.385. The van der Waals surface area contributed by atoms with Gasteiger partial charge >= 0.3 is 0 Å². The van der Waals surface area contributed by atoms with Gasteiger partial charge in [-0.15, -0.1) is 0 Å². The van der Waals surface area contributed by atoms with Crippen LogP contribution in [0.25, 0.3) is 0 Å². The number of likely N-dealkylation sites (N-methyl/N-ethyl adjacent to an activating group) is 1. The molecule has 1 aliphatic heterocycles. The number of fused-ring (bicyclic) bond motifs is 1. The smallest absolute Gasteiger partial charge is 0.249 e. The third kappa shape index (κ3) is 1.69. The van der Waals surface area contributed by atoms with Crippen LogP contribution >= 0.6 is 0 Å². The minimum atomic E-state index is -0.322. The molecular formula is C13H15N3O. The lowest BCUT2D eigenvalue weighted by molar-refractivity contribution is -0.119. The first-order valence-corrected chi connectivity index (χ1v) is 5.57. The number of carbonyl (C=O) groups is 1. The quantitative estimate of drug-likeness (QED) is 0.781. The molecule has 4 heteroatoms. The maximum Gasteiger partial charge on any atom is 0.249 e. The summed E-state index contributed by atoms with van der Waals surface area (Å²) in [7, 11) is 1.76. The predicted octanol–water partition coefficient (Wildman–Crippen LogP) is 1.43. The zero-order valence-corrected chi connectivity index (χ0v) is 10.2. The highest BCUT2D eigenvalue weighted by Crippen LogP contribution is 2.38. The second kappa shape index (κ2) is 4.19. The van der Waals surface area contributed by atoms with Crippen LogP contribution in [0.4, 0.5) is 5.69 Å². The van der Waals surface area contributed by atoms with E-state index < -0.39 is 0 Å². The Kier molecular flexibility index (Phi) is 2.86. The second-order valence-corrected chi connectivity index (χ2v) is 4.32. The van der Waals surface area contributed by atoms with E-state index in [4.69, 9.17) is 5.26 Å². The van der Waals surface area contributed by atoms with Crippen LogP contribution in [0.1, 0.15) is 22.7 Å². The van der Waals surface area contributed by atoms with E-state index in [2.05, 4.69) is 5.32 Å². The monoisotopic (exact) mass is 229 g/mol. The molecule has 0 spiro atoms. The summed E-state index contributed by atoms with van der Waals surface area (Å²) in [6.07, 6.45) is 0.